The predicted molar refractivity (Wildman–Crippen MR) is 87.4 cm³/mol. The minimum atomic E-state index is -5.58. The molecule has 2 aromatic carbocycles. The fourth-order valence-electron chi connectivity index (χ4n) is 2.62. The van der Waals surface area contributed by atoms with Crippen molar-refractivity contribution >= 4 is 11.6 Å². The monoisotopic (exact) mass is 499 g/mol. The van der Waals surface area contributed by atoms with Crippen molar-refractivity contribution in [3.05, 3.63) is 58.1 Å². The first kappa shape index (κ1) is 26.1. The quantitative estimate of drug-likeness (QED) is 0.461. The Kier molecular flexibility index (Phi) is 6.60. The molecule has 0 saturated heterocycles. The number of hydrogen-bond acceptors (Lipinski definition) is 2. The Morgan fingerprint density at radius 2 is 1.09 bits per heavy atom. The van der Waals surface area contributed by atoms with E-state index in [1.54, 1.807) is 0 Å². The molecule has 0 aliphatic carbocycles. The molecule has 1 N–H and O–H groups in total. The minimum absolute atomic E-state index is 0.0109. The van der Waals surface area contributed by atoms with Crippen molar-refractivity contribution in [1.82, 2.24) is 0 Å². The van der Waals surface area contributed by atoms with Crippen molar-refractivity contribution in [3.8, 4) is 5.75 Å². The Bertz CT molecular complexity index is 1020. The SMILES string of the molecule is COc1cc(C(F)(F)F)cc(C(F)(F)F)c1C(=O)Nc1cc(C(F)(F)F)cc(C(F)(F)F)c1. The standard InChI is InChI=1S/C18H9F12NO2/c1-33-12-6-9(17(25,26)27)5-11(18(28,29)30)13(12)14(32)31-10-3-7(15(19,20)21)2-8(4-10)16(22,23)24/h2-6H,1H3,(H,31,32). The Labute approximate surface area is 175 Å². The molecule has 0 atom stereocenters. The van der Waals surface area contributed by atoms with E-state index in [1.807, 2.05) is 0 Å². The van der Waals surface area contributed by atoms with Crippen LogP contribution in [0.1, 0.15) is 32.6 Å². The highest BCUT2D eigenvalue weighted by Crippen LogP contribution is 2.42. The van der Waals surface area contributed by atoms with Gasteiger partial charge in [-0.3, -0.25) is 4.79 Å². The second-order valence-electron chi connectivity index (χ2n) is 6.35. The van der Waals surface area contributed by atoms with E-state index in [0.29, 0.717) is 7.11 Å². The molecule has 2 rings (SSSR count). The summed E-state index contributed by atoms with van der Waals surface area (Å²) in [7, 11) is 0.610. The third-order valence-corrected chi connectivity index (χ3v) is 4.03. The first-order chi connectivity index (χ1) is 14.7. The van der Waals surface area contributed by atoms with Crippen LogP contribution in [0.25, 0.3) is 0 Å². The van der Waals surface area contributed by atoms with Gasteiger partial charge < -0.3 is 10.1 Å². The van der Waals surface area contributed by atoms with Gasteiger partial charge in [-0.15, -0.1) is 0 Å². The summed E-state index contributed by atoms with van der Waals surface area (Å²) in [6.07, 6.45) is -21.5. The van der Waals surface area contributed by atoms with E-state index in [4.69, 9.17) is 0 Å². The zero-order valence-electron chi connectivity index (χ0n) is 15.7. The van der Waals surface area contributed by atoms with Crippen molar-refractivity contribution in [2.75, 3.05) is 12.4 Å². The lowest BCUT2D eigenvalue weighted by molar-refractivity contribution is -0.144. The number of rotatable bonds is 3. The van der Waals surface area contributed by atoms with Gasteiger partial charge in [0, 0.05) is 5.69 Å². The molecule has 0 aliphatic rings. The van der Waals surface area contributed by atoms with E-state index in [2.05, 4.69) is 4.74 Å². The maximum Gasteiger partial charge on any atom is 0.417 e. The Hall–Kier alpha value is -3.13. The van der Waals surface area contributed by atoms with E-state index in [9.17, 15) is 57.5 Å². The zero-order valence-corrected chi connectivity index (χ0v) is 15.7. The number of carbonyl (C=O) groups is 1. The number of methoxy groups -OCH3 is 1. The largest absolute Gasteiger partial charge is 0.496 e. The molecule has 182 valence electrons. The molecule has 0 radical (unpaired) electrons. The molecule has 0 spiro atoms. The second-order valence-corrected chi connectivity index (χ2v) is 6.35. The van der Waals surface area contributed by atoms with E-state index in [0.717, 1.165) is 0 Å². The lowest BCUT2D eigenvalue weighted by Gasteiger charge is -2.19. The first-order valence-electron chi connectivity index (χ1n) is 8.22. The molecule has 0 fully saturated rings. The molecule has 33 heavy (non-hydrogen) atoms. The van der Waals surface area contributed by atoms with Gasteiger partial charge in [-0.25, -0.2) is 0 Å². The third kappa shape index (κ3) is 6.01. The molecule has 3 nitrogen and oxygen atoms in total. The number of ether oxygens (including phenoxy) is 1. The molecule has 0 saturated carbocycles. The van der Waals surface area contributed by atoms with Crippen LogP contribution in [0, 0.1) is 0 Å². The fraction of sp³-hybridized carbons (Fsp3) is 0.278. The number of anilines is 1. The van der Waals surface area contributed by atoms with Crippen molar-refractivity contribution in [2.45, 2.75) is 24.7 Å². The van der Waals surface area contributed by atoms with Crippen molar-refractivity contribution < 1.29 is 62.2 Å². The normalized spacial score (nSPS) is 13.1. The lowest BCUT2D eigenvalue weighted by Crippen LogP contribution is -2.22. The average molecular weight is 499 g/mol. The van der Waals surface area contributed by atoms with Gasteiger partial charge in [0.1, 0.15) is 5.75 Å². The topological polar surface area (TPSA) is 38.3 Å². The van der Waals surface area contributed by atoms with Crippen LogP contribution in [0.2, 0.25) is 0 Å². The highest BCUT2D eigenvalue weighted by Gasteiger charge is 2.42. The molecule has 0 bridgehead atoms. The second kappa shape index (κ2) is 8.33. The van der Waals surface area contributed by atoms with Gasteiger partial charge in [-0.1, -0.05) is 0 Å². The molecule has 0 aromatic heterocycles. The van der Waals surface area contributed by atoms with Crippen LogP contribution >= 0.6 is 0 Å². The number of hydrogen-bond donors (Lipinski definition) is 1. The number of halogens is 12. The summed E-state index contributed by atoms with van der Waals surface area (Å²) >= 11 is 0. The van der Waals surface area contributed by atoms with Gasteiger partial charge in [0.15, 0.2) is 0 Å². The smallest absolute Gasteiger partial charge is 0.417 e. The summed E-state index contributed by atoms with van der Waals surface area (Å²) in [4.78, 5) is 12.4. The van der Waals surface area contributed by atoms with Gasteiger partial charge in [-0.05, 0) is 30.3 Å². The number of amides is 1. The maximum absolute atomic E-state index is 13.4. The Morgan fingerprint density at radius 3 is 1.45 bits per heavy atom. The predicted octanol–water partition coefficient (Wildman–Crippen LogP) is 7.02. The highest BCUT2D eigenvalue weighted by molar-refractivity contribution is 6.07. The third-order valence-electron chi connectivity index (χ3n) is 4.03. The van der Waals surface area contributed by atoms with Crippen molar-refractivity contribution in [2.24, 2.45) is 0 Å². The first-order valence-corrected chi connectivity index (χ1v) is 8.22. The molecule has 0 heterocycles. The Morgan fingerprint density at radius 1 is 0.667 bits per heavy atom. The van der Waals surface area contributed by atoms with Gasteiger partial charge in [0.25, 0.3) is 5.91 Å². The lowest BCUT2D eigenvalue weighted by atomic mass is 10.00. The molecule has 15 heteroatoms. The summed E-state index contributed by atoms with van der Waals surface area (Å²) in [5, 5.41) is 1.43. The van der Waals surface area contributed by atoms with Crippen LogP contribution in [0.4, 0.5) is 58.4 Å². The van der Waals surface area contributed by atoms with Gasteiger partial charge in [0.2, 0.25) is 0 Å². The number of carbonyl (C=O) groups excluding carboxylic acids is 1. The maximum atomic E-state index is 13.4. The van der Waals surface area contributed by atoms with E-state index in [1.165, 1.54) is 5.32 Å². The van der Waals surface area contributed by atoms with Crippen LogP contribution < -0.4 is 10.1 Å². The number of alkyl halides is 12. The minimum Gasteiger partial charge on any atom is -0.496 e. The molecule has 0 unspecified atom stereocenters. The van der Waals surface area contributed by atoms with E-state index < -0.39 is 75.9 Å². The van der Waals surface area contributed by atoms with Crippen LogP contribution in [0.3, 0.4) is 0 Å². The van der Waals surface area contributed by atoms with Gasteiger partial charge >= 0.3 is 24.7 Å². The highest BCUT2D eigenvalue weighted by atomic mass is 19.4. The summed E-state index contributed by atoms with van der Waals surface area (Å²) in [5.41, 5.74) is -10.6. The van der Waals surface area contributed by atoms with Crippen molar-refractivity contribution in [1.29, 1.82) is 0 Å². The summed E-state index contributed by atoms with van der Waals surface area (Å²) in [6, 6.07) is -0.689. The number of benzene rings is 2. The van der Waals surface area contributed by atoms with Gasteiger partial charge in [-0.2, -0.15) is 52.7 Å². The van der Waals surface area contributed by atoms with Crippen LogP contribution in [0.15, 0.2) is 30.3 Å². The molecule has 1 amide bonds. The molecular formula is C18H9F12NO2. The van der Waals surface area contributed by atoms with Gasteiger partial charge in [0.05, 0.1) is 34.9 Å². The van der Waals surface area contributed by atoms with E-state index >= 15 is 0 Å². The summed E-state index contributed by atoms with van der Waals surface area (Å²) in [6.45, 7) is 0. The summed E-state index contributed by atoms with van der Waals surface area (Å²) in [5.74, 6) is -3.22. The average Bonchev–Trinajstić information content (AvgIpc) is 2.63. The van der Waals surface area contributed by atoms with Crippen LogP contribution in [-0.2, 0) is 24.7 Å². The molecule has 2 aromatic rings. The number of nitrogens with one attached hydrogen (secondary N) is 1. The van der Waals surface area contributed by atoms with Crippen LogP contribution in [0.5, 0.6) is 5.75 Å². The summed E-state index contributed by atoms with van der Waals surface area (Å²) < 4.78 is 161. The van der Waals surface area contributed by atoms with E-state index in [-0.39, 0.29) is 24.3 Å². The van der Waals surface area contributed by atoms with Crippen molar-refractivity contribution in [3.63, 3.8) is 0 Å². The fourth-order valence-corrected chi connectivity index (χ4v) is 2.62. The Balaban J connectivity index is 2.68. The molecular weight excluding hydrogens is 490 g/mol. The molecule has 0 aliphatic heterocycles. The zero-order chi connectivity index (χ0) is 25.6. The van der Waals surface area contributed by atoms with Crippen LogP contribution in [-0.4, -0.2) is 13.0 Å².